The Labute approximate surface area is 108 Å². The van der Waals surface area contributed by atoms with Crippen LogP contribution in [-0.4, -0.2) is 25.4 Å². The molecule has 100 valence electrons. The molecule has 18 heavy (non-hydrogen) atoms. The topological polar surface area (TPSA) is 66.4 Å². The van der Waals surface area contributed by atoms with E-state index in [1.54, 1.807) is 0 Å². The van der Waals surface area contributed by atoms with Crippen molar-refractivity contribution in [3.05, 3.63) is 35.4 Å². The van der Waals surface area contributed by atoms with Crippen LogP contribution in [0.15, 0.2) is 24.3 Å². The van der Waals surface area contributed by atoms with E-state index in [2.05, 4.69) is 4.72 Å². The summed E-state index contributed by atoms with van der Waals surface area (Å²) in [5.74, 6) is 0.148. The molecule has 0 bridgehead atoms. The molecule has 5 heteroatoms. The molecule has 0 heterocycles. The summed E-state index contributed by atoms with van der Waals surface area (Å²) in [7, 11) is -3.35. The highest BCUT2D eigenvalue weighted by Gasteiger charge is 2.33. The lowest BCUT2D eigenvalue weighted by Crippen LogP contribution is -2.36. The number of fused-ring (bicyclic) bond motifs is 1. The van der Waals surface area contributed by atoms with Gasteiger partial charge in [0.05, 0.1) is 17.9 Å². The maximum Gasteiger partial charge on any atom is 0.212 e. The molecule has 0 spiro atoms. The summed E-state index contributed by atoms with van der Waals surface area (Å²) in [4.78, 5) is 0. The fraction of sp³-hybridized carbons (Fsp3) is 0.538. The van der Waals surface area contributed by atoms with Crippen LogP contribution < -0.4 is 4.72 Å². The summed E-state index contributed by atoms with van der Waals surface area (Å²) in [6, 6.07) is 7.05. The summed E-state index contributed by atoms with van der Waals surface area (Å²) in [5.41, 5.74) is 1.90. The monoisotopic (exact) mass is 269 g/mol. The van der Waals surface area contributed by atoms with Crippen molar-refractivity contribution in [3.8, 4) is 0 Å². The number of aliphatic hydroxyl groups excluding tert-OH is 1. The van der Waals surface area contributed by atoms with Gasteiger partial charge in [-0.1, -0.05) is 38.1 Å². The van der Waals surface area contributed by atoms with Crippen LogP contribution in [0.4, 0.5) is 0 Å². The van der Waals surface area contributed by atoms with Gasteiger partial charge in [-0.25, -0.2) is 13.1 Å². The number of sulfonamides is 1. The second-order valence-electron chi connectivity index (χ2n) is 5.24. The summed E-state index contributed by atoms with van der Waals surface area (Å²) in [6.07, 6.45) is -0.172. The van der Waals surface area contributed by atoms with Gasteiger partial charge < -0.3 is 5.11 Å². The first-order valence-corrected chi connectivity index (χ1v) is 7.80. The van der Waals surface area contributed by atoms with E-state index in [4.69, 9.17) is 0 Å². The van der Waals surface area contributed by atoms with Crippen molar-refractivity contribution in [1.29, 1.82) is 0 Å². The van der Waals surface area contributed by atoms with E-state index in [0.29, 0.717) is 6.42 Å². The second kappa shape index (κ2) is 4.99. The van der Waals surface area contributed by atoms with Crippen molar-refractivity contribution in [2.24, 2.45) is 5.92 Å². The van der Waals surface area contributed by atoms with Crippen molar-refractivity contribution >= 4 is 10.0 Å². The fourth-order valence-electron chi connectivity index (χ4n) is 2.40. The third kappa shape index (κ3) is 2.91. The van der Waals surface area contributed by atoms with Crippen LogP contribution in [0.2, 0.25) is 0 Å². The molecule has 0 aromatic heterocycles. The van der Waals surface area contributed by atoms with Crippen molar-refractivity contribution < 1.29 is 13.5 Å². The van der Waals surface area contributed by atoms with Gasteiger partial charge in [0, 0.05) is 6.42 Å². The summed E-state index contributed by atoms with van der Waals surface area (Å²) >= 11 is 0. The lowest BCUT2D eigenvalue weighted by atomic mass is 10.1. The fourth-order valence-corrected chi connectivity index (χ4v) is 4.04. The molecule has 4 nitrogen and oxygen atoms in total. The van der Waals surface area contributed by atoms with E-state index in [-0.39, 0.29) is 11.7 Å². The van der Waals surface area contributed by atoms with E-state index in [1.807, 2.05) is 38.1 Å². The first-order valence-electron chi connectivity index (χ1n) is 6.15. The van der Waals surface area contributed by atoms with Crippen LogP contribution in [0.5, 0.6) is 0 Å². The minimum absolute atomic E-state index is 0.0660. The van der Waals surface area contributed by atoms with Crippen LogP contribution in [0.25, 0.3) is 0 Å². The minimum atomic E-state index is -3.35. The zero-order chi connectivity index (χ0) is 13.3. The third-order valence-electron chi connectivity index (χ3n) is 3.06. The van der Waals surface area contributed by atoms with E-state index < -0.39 is 22.2 Å². The van der Waals surface area contributed by atoms with Crippen molar-refractivity contribution in [2.75, 3.05) is 5.75 Å². The quantitative estimate of drug-likeness (QED) is 0.863. The Morgan fingerprint density at radius 1 is 1.39 bits per heavy atom. The smallest absolute Gasteiger partial charge is 0.212 e. The Morgan fingerprint density at radius 3 is 2.72 bits per heavy atom. The van der Waals surface area contributed by atoms with Crippen LogP contribution in [0, 0.1) is 5.92 Å². The molecule has 2 rings (SSSR count). The van der Waals surface area contributed by atoms with Gasteiger partial charge in [-0.15, -0.1) is 0 Å². The molecule has 1 aliphatic carbocycles. The Kier molecular flexibility index (Phi) is 3.75. The first kappa shape index (κ1) is 13.5. The highest BCUT2D eigenvalue weighted by Crippen LogP contribution is 2.31. The van der Waals surface area contributed by atoms with Gasteiger partial charge in [-0.2, -0.15) is 0 Å². The molecule has 0 saturated carbocycles. The summed E-state index contributed by atoms with van der Waals surface area (Å²) in [5, 5.41) is 9.98. The minimum Gasteiger partial charge on any atom is -0.391 e. The molecular weight excluding hydrogens is 250 g/mol. The van der Waals surface area contributed by atoms with E-state index in [9.17, 15) is 13.5 Å². The van der Waals surface area contributed by atoms with Crippen molar-refractivity contribution in [1.82, 2.24) is 4.72 Å². The first-order chi connectivity index (χ1) is 8.39. The number of nitrogens with one attached hydrogen (secondary N) is 1. The van der Waals surface area contributed by atoms with Crippen molar-refractivity contribution in [2.45, 2.75) is 32.4 Å². The average Bonchev–Trinajstić information content (AvgIpc) is 2.53. The second-order valence-corrected chi connectivity index (χ2v) is 7.04. The zero-order valence-electron chi connectivity index (χ0n) is 10.6. The van der Waals surface area contributed by atoms with Gasteiger partial charge in [-0.05, 0) is 17.0 Å². The SMILES string of the molecule is CC(C)CS(=O)(=O)N[C@H]1c2ccccc2C[C@H]1O. The lowest BCUT2D eigenvalue weighted by molar-refractivity contribution is 0.151. The van der Waals surface area contributed by atoms with Crippen molar-refractivity contribution in [3.63, 3.8) is 0 Å². The molecular formula is C13H19NO3S. The summed E-state index contributed by atoms with van der Waals surface area (Å²) in [6.45, 7) is 3.72. The predicted molar refractivity (Wildman–Crippen MR) is 70.7 cm³/mol. The van der Waals surface area contributed by atoms with Crippen LogP contribution >= 0.6 is 0 Å². The number of hydrogen-bond donors (Lipinski definition) is 2. The van der Waals surface area contributed by atoms with Crippen LogP contribution in [0.3, 0.4) is 0 Å². The molecule has 2 N–H and O–H groups in total. The number of benzene rings is 1. The Morgan fingerprint density at radius 2 is 2.06 bits per heavy atom. The molecule has 1 aromatic rings. The maximum absolute atomic E-state index is 11.9. The van der Waals surface area contributed by atoms with E-state index in [1.165, 1.54) is 0 Å². The Bertz CT molecular complexity index is 525. The Balaban J connectivity index is 2.20. The average molecular weight is 269 g/mol. The molecule has 1 aliphatic rings. The largest absolute Gasteiger partial charge is 0.391 e. The molecule has 0 saturated heterocycles. The molecule has 0 radical (unpaired) electrons. The van der Waals surface area contributed by atoms with Gasteiger partial charge in [0.1, 0.15) is 0 Å². The zero-order valence-corrected chi connectivity index (χ0v) is 11.4. The highest BCUT2D eigenvalue weighted by atomic mass is 32.2. The number of aliphatic hydroxyl groups is 1. The van der Waals surface area contributed by atoms with Gasteiger partial charge in [0.2, 0.25) is 10.0 Å². The predicted octanol–water partition coefficient (Wildman–Crippen LogP) is 1.22. The van der Waals surface area contributed by atoms with Gasteiger partial charge in [-0.3, -0.25) is 0 Å². The molecule has 0 aliphatic heterocycles. The van der Waals surface area contributed by atoms with Gasteiger partial charge >= 0.3 is 0 Å². The number of rotatable bonds is 4. The Hall–Kier alpha value is -0.910. The maximum atomic E-state index is 11.9. The molecule has 2 atom stereocenters. The lowest BCUT2D eigenvalue weighted by Gasteiger charge is -2.18. The summed E-state index contributed by atoms with van der Waals surface area (Å²) < 4.78 is 26.5. The number of hydrogen-bond acceptors (Lipinski definition) is 3. The van der Waals surface area contributed by atoms with Crippen LogP contribution in [0.1, 0.15) is 31.0 Å². The normalized spacial score (nSPS) is 23.3. The highest BCUT2D eigenvalue weighted by molar-refractivity contribution is 7.89. The third-order valence-corrected chi connectivity index (χ3v) is 4.78. The van der Waals surface area contributed by atoms with Gasteiger partial charge in [0.15, 0.2) is 0 Å². The molecule has 0 unspecified atom stereocenters. The molecule has 1 aromatic carbocycles. The van der Waals surface area contributed by atoms with E-state index >= 15 is 0 Å². The van der Waals surface area contributed by atoms with Gasteiger partial charge in [0.25, 0.3) is 0 Å². The molecule has 0 amide bonds. The van der Waals surface area contributed by atoms with Crippen LogP contribution in [-0.2, 0) is 16.4 Å². The molecule has 0 fully saturated rings. The van der Waals surface area contributed by atoms with E-state index in [0.717, 1.165) is 11.1 Å². The standard InChI is InChI=1S/C13H19NO3S/c1-9(2)8-18(16,17)14-13-11-6-4-3-5-10(11)7-12(13)15/h3-6,9,12-15H,7-8H2,1-2H3/t12-,13+/m1/s1.